The number of piperidine rings is 1. The normalized spacial score (nSPS) is 21.7. The van der Waals surface area contributed by atoms with Crippen molar-refractivity contribution < 1.29 is 0 Å². The fourth-order valence-corrected chi connectivity index (χ4v) is 2.50. The molecule has 1 fully saturated rings. The van der Waals surface area contributed by atoms with Crippen molar-refractivity contribution in [3.05, 3.63) is 23.5 Å². The van der Waals surface area contributed by atoms with Crippen molar-refractivity contribution in [1.82, 2.24) is 4.98 Å². The molecule has 0 unspecified atom stereocenters. The van der Waals surface area contributed by atoms with Crippen molar-refractivity contribution in [2.45, 2.75) is 38.6 Å². The van der Waals surface area contributed by atoms with Crippen LogP contribution in [-0.2, 0) is 0 Å². The summed E-state index contributed by atoms with van der Waals surface area (Å²) >= 11 is 5.92. The largest absolute Gasteiger partial charge is 0.368 e. The Morgan fingerprint density at radius 3 is 3.13 bits per heavy atom. The molecule has 0 amide bonds. The molecule has 0 N–H and O–H groups in total. The summed E-state index contributed by atoms with van der Waals surface area (Å²) in [5.41, 5.74) is 1.22. The summed E-state index contributed by atoms with van der Waals surface area (Å²) in [7, 11) is 0. The van der Waals surface area contributed by atoms with Crippen molar-refractivity contribution in [3.63, 3.8) is 0 Å². The zero-order valence-corrected chi connectivity index (χ0v) is 9.87. The highest BCUT2D eigenvalue weighted by molar-refractivity contribution is 6.29. The number of nitrogens with zero attached hydrogens (tertiary/aromatic N) is 2. The van der Waals surface area contributed by atoms with E-state index in [4.69, 9.17) is 11.6 Å². The average Bonchev–Trinajstić information content (AvgIpc) is 2.29. The quantitative estimate of drug-likeness (QED) is 0.715. The predicted molar refractivity (Wildman–Crippen MR) is 64.5 cm³/mol. The van der Waals surface area contributed by atoms with Crippen LogP contribution in [0.2, 0.25) is 5.15 Å². The maximum Gasteiger partial charge on any atom is 0.131 e. The van der Waals surface area contributed by atoms with E-state index < -0.39 is 0 Å². The first-order chi connectivity index (χ1) is 7.31. The molecule has 0 radical (unpaired) electrons. The van der Waals surface area contributed by atoms with Gasteiger partial charge < -0.3 is 4.90 Å². The molecular weight excluding hydrogens is 208 g/mol. The molecule has 0 saturated carbocycles. The van der Waals surface area contributed by atoms with Crippen molar-refractivity contribution in [3.8, 4) is 0 Å². The van der Waals surface area contributed by atoms with Crippen LogP contribution in [0.4, 0.5) is 5.69 Å². The van der Waals surface area contributed by atoms with Gasteiger partial charge in [-0.25, -0.2) is 4.98 Å². The van der Waals surface area contributed by atoms with Gasteiger partial charge in [-0.15, -0.1) is 0 Å². The lowest BCUT2D eigenvalue weighted by molar-refractivity contribution is 0.450. The molecule has 2 heterocycles. The number of halogens is 1. The van der Waals surface area contributed by atoms with Crippen molar-refractivity contribution in [2.24, 2.45) is 0 Å². The molecule has 15 heavy (non-hydrogen) atoms. The van der Waals surface area contributed by atoms with Crippen molar-refractivity contribution in [2.75, 3.05) is 11.4 Å². The van der Waals surface area contributed by atoms with Gasteiger partial charge in [-0.1, -0.05) is 18.5 Å². The van der Waals surface area contributed by atoms with Gasteiger partial charge >= 0.3 is 0 Å². The van der Waals surface area contributed by atoms with E-state index in [2.05, 4.69) is 22.9 Å². The SMILES string of the molecule is CC[C@@H]1CCCCN1c1ccnc(Cl)c1. The number of hydrogen-bond acceptors (Lipinski definition) is 2. The highest BCUT2D eigenvalue weighted by Gasteiger charge is 2.20. The molecule has 0 aromatic carbocycles. The zero-order chi connectivity index (χ0) is 10.7. The molecule has 0 aliphatic carbocycles. The van der Waals surface area contributed by atoms with E-state index in [1.54, 1.807) is 6.20 Å². The van der Waals surface area contributed by atoms with Gasteiger partial charge in [0.25, 0.3) is 0 Å². The maximum atomic E-state index is 5.92. The van der Waals surface area contributed by atoms with Crippen LogP contribution in [-0.4, -0.2) is 17.6 Å². The lowest BCUT2D eigenvalue weighted by atomic mass is 9.99. The van der Waals surface area contributed by atoms with Crippen LogP contribution in [0.15, 0.2) is 18.3 Å². The van der Waals surface area contributed by atoms with E-state index in [9.17, 15) is 0 Å². The number of pyridine rings is 1. The minimum Gasteiger partial charge on any atom is -0.368 e. The minimum atomic E-state index is 0.591. The van der Waals surface area contributed by atoms with Gasteiger partial charge in [-0.3, -0.25) is 0 Å². The predicted octanol–water partition coefficient (Wildman–Crippen LogP) is 3.50. The Labute approximate surface area is 96.3 Å². The molecule has 2 nitrogen and oxygen atoms in total. The van der Waals surface area contributed by atoms with Gasteiger partial charge in [-0.05, 0) is 37.8 Å². The summed E-state index contributed by atoms with van der Waals surface area (Å²) in [5.74, 6) is 0. The summed E-state index contributed by atoms with van der Waals surface area (Å²) in [6, 6.07) is 4.70. The minimum absolute atomic E-state index is 0.591. The van der Waals surface area contributed by atoms with Gasteiger partial charge in [0.2, 0.25) is 0 Å². The molecule has 1 atom stereocenters. The zero-order valence-electron chi connectivity index (χ0n) is 9.12. The molecule has 0 spiro atoms. The van der Waals surface area contributed by atoms with Crippen LogP contribution in [0.25, 0.3) is 0 Å². The Kier molecular flexibility index (Phi) is 3.47. The topological polar surface area (TPSA) is 16.1 Å². The first-order valence-corrected chi connectivity index (χ1v) is 6.07. The standard InChI is InChI=1S/C12H17ClN2/c1-2-10-5-3-4-8-15(10)11-6-7-14-12(13)9-11/h6-7,9-10H,2-5,8H2,1H3/t10-/m1/s1. The number of rotatable bonds is 2. The van der Waals surface area contributed by atoms with E-state index in [1.165, 1.54) is 31.4 Å². The van der Waals surface area contributed by atoms with Crippen molar-refractivity contribution in [1.29, 1.82) is 0 Å². The van der Waals surface area contributed by atoms with Crippen molar-refractivity contribution >= 4 is 17.3 Å². The van der Waals surface area contributed by atoms with Gasteiger partial charge in [-0.2, -0.15) is 0 Å². The smallest absolute Gasteiger partial charge is 0.131 e. The lowest BCUT2D eigenvalue weighted by Gasteiger charge is -2.37. The Morgan fingerprint density at radius 1 is 1.53 bits per heavy atom. The van der Waals surface area contributed by atoms with E-state index in [1.807, 2.05) is 6.07 Å². The third kappa shape index (κ3) is 2.43. The molecule has 2 rings (SSSR count). The fourth-order valence-electron chi connectivity index (χ4n) is 2.34. The van der Waals surface area contributed by atoms with Crippen LogP contribution >= 0.6 is 11.6 Å². The Morgan fingerprint density at radius 2 is 2.40 bits per heavy atom. The lowest BCUT2D eigenvalue weighted by Crippen LogP contribution is -2.39. The van der Waals surface area contributed by atoms with Gasteiger partial charge in [0.1, 0.15) is 5.15 Å². The molecule has 1 aromatic rings. The van der Waals surface area contributed by atoms with Crippen LogP contribution in [0.3, 0.4) is 0 Å². The van der Waals surface area contributed by atoms with Crippen LogP contribution < -0.4 is 4.90 Å². The van der Waals surface area contributed by atoms with E-state index >= 15 is 0 Å². The summed E-state index contributed by atoms with van der Waals surface area (Å²) in [6.45, 7) is 3.41. The molecule has 3 heteroatoms. The summed E-state index contributed by atoms with van der Waals surface area (Å²) < 4.78 is 0. The first-order valence-electron chi connectivity index (χ1n) is 5.69. The highest BCUT2D eigenvalue weighted by Crippen LogP contribution is 2.27. The third-order valence-corrected chi connectivity index (χ3v) is 3.35. The van der Waals surface area contributed by atoms with Gasteiger partial charge in [0.05, 0.1) is 0 Å². The van der Waals surface area contributed by atoms with Crippen LogP contribution in [0.5, 0.6) is 0 Å². The Hall–Kier alpha value is -0.760. The molecule has 1 aliphatic rings. The molecular formula is C12H17ClN2. The van der Waals surface area contributed by atoms with Gasteiger partial charge in [0.15, 0.2) is 0 Å². The van der Waals surface area contributed by atoms with E-state index in [-0.39, 0.29) is 0 Å². The molecule has 1 aliphatic heterocycles. The van der Waals surface area contributed by atoms with Crippen LogP contribution in [0.1, 0.15) is 32.6 Å². The highest BCUT2D eigenvalue weighted by atomic mass is 35.5. The second-order valence-electron chi connectivity index (χ2n) is 4.09. The summed E-state index contributed by atoms with van der Waals surface area (Å²) in [5, 5.41) is 0.591. The molecule has 82 valence electrons. The van der Waals surface area contributed by atoms with Crippen LogP contribution in [0, 0.1) is 0 Å². The monoisotopic (exact) mass is 224 g/mol. The summed E-state index contributed by atoms with van der Waals surface area (Å²) in [6.07, 6.45) is 6.94. The number of hydrogen-bond donors (Lipinski definition) is 0. The second-order valence-corrected chi connectivity index (χ2v) is 4.48. The summed E-state index contributed by atoms with van der Waals surface area (Å²) in [4.78, 5) is 6.49. The molecule has 1 aromatic heterocycles. The second kappa shape index (κ2) is 4.84. The average molecular weight is 225 g/mol. The van der Waals surface area contributed by atoms with E-state index in [0.29, 0.717) is 11.2 Å². The fraction of sp³-hybridized carbons (Fsp3) is 0.583. The molecule has 1 saturated heterocycles. The Balaban J connectivity index is 2.20. The third-order valence-electron chi connectivity index (χ3n) is 3.14. The Bertz CT molecular complexity index is 327. The number of anilines is 1. The van der Waals surface area contributed by atoms with Gasteiger partial charge in [0, 0.05) is 24.5 Å². The first kappa shape index (κ1) is 10.7. The maximum absolute atomic E-state index is 5.92. The number of aromatic nitrogens is 1. The molecule has 0 bridgehead atoms. The van der Waals surface area contributed by atoms with E-state index in [0.717, 1.165) is 6.54 Å².